The van der Waals surface area contributed by atoms with Crippen molar-refractivity contribution >= 4 is 17.3 Å². The zero-order valence-corrected chi connectivity index (χ0v) is 15.3. The first kappa shape index (κ1) is 17.5. The fourth-order valence-corrected chi connectivity index (χ4v) is 3.50. The SMILES string of the molecule is CC1=NN(c2ccc(C(=O)NC3(CO)COc4ccccc4C3)cc2)CC1. The Balaban J connectivity index is 1.48. The Morgan fingerprint density at radius 1 is 1.26 bits per heavy atom. The number of hydrogen-bond donors (Lipinski definition) is 2. The van der Waals surface area contributed by atoms with Crippen molar-refractivity contribution in [1.29, 1.82) is 0 Å². The summed E-state index contributed by atoms with van der Waals surface area (Å²) in [5.41, 5.74) is 2.79. The molecule has 0 radical (unpaired) electrons. The molecule has 0 aromatic heterocycles. The number of aliphatic hydroxyl groups is 1. The molecule has 140 valence electrons. The summed E-state index contributed by atoms with van der Waals surface area (Å²) in [5, 5.41) is 19.4. The second-order valence-corrected chi connectivity index (χ2v) is 7.22. The van der Waals surface area contributed by atoms with Crippen LogP contribution in [0.15, 0.2) is 53.6 Å². The molecule has 0 bridgehead atoms. The predicted octanol–water partition coefficient (Wildman–Crippen LogP) is 2.37. The lowest BCUT2D eigenvalue weighted by Crippen LogP contribution is -2.58. The number of ether oxygens (including phenoxy) is 1. The van der Waals surface area contributed by atoms with E-state index in [4.69, 9.17) is 4.74 Å². The van der Waals surface area contributed by atoms with Gasteiger partial charge in [0.05, 0.1) is 12.3 Å². The van der Waals surface area contributed by atoms with E-state index in [1.165, 1.54) is 0 Å². The van der Waals surface area contributed by atoms with Gasteiger partial charge in [0.1, 0.15) is 17.9 Å². The molecular formula is C21H23N3O3. The molecular weight excluding hydrogens is 342 g/mol. The van der Waals surface area contributed by atoms with Gasteiger partial charge < -0.3 is 15.2 Å². The van der Waals surface area contributed by atoms with Crippen molar-refractivity contribution in [2.75, 3.05) is 24.8 Å². The maximum Gasteiger partial charge on any atom is 0.251 e. The summed E-state index contributed by atoms with van der Waals surface area (Å²) in [5.74, 6) is 0.585. The summed E-state index contributed by atoms with van der Waals surface area (Å²) >= 11 is 0. The van der Waals surface area contributed by atoms with Gasteiger partial charge in [0.15, 0.2) is 0 Å². The molecule has 6 heteroatoms. The number of benzene rings is 2. The number of fused-ring (bicyclic) bond motifs is 1. The molecule has 6 nitrogen and oxygen atoms in total. The van der Waals surface area contributed by atoms with Gasteiger partial charge in [-0.3, -0.25) is 9.80 Å². The van der Waals surface area contributed by atoms with Crippen LogP contribution in [0.2, 0.25) is 0 Å². The third kappa shape index (κ3) is 3.53. The maximum absolute atomic E-state index is 12.8. The highest BCUT2D eigenvalue weighted by Gasteiger charge is 2.37. The maximum atomic E-state index is 12.8. The number of carbonyl (C=O) groups is 1. The Bertz CT molecular complexity index is 878. The summed E-state index contributed by atoms with van der Waals surface area (Å²) in [6.45, 7) is 2.93. The molecule has 0 fully saturated rings. The van der Waals surface area contributed by atoms with E-state index in [0.29, 0.717) is 12.0 Å². The number of para-hydroxylation sites is 1. The molecule has 1 unspecified atom stereocenters. The fourth-order valence-electron chi connectivity index (χ4n) is 3.50. The van der Waals surface area contributed by atoms with Crippen molar-refractivity contribution in [2.45, 2.75) is 25.3 Å². The van der Waals surface area contributed by atoms with E-state index < -0.39 is 5.54 Å². The van der Waals surface area contributed by atoms with Crippen LogP contribution in [0.3, 0.4) is 0 Å². The molecule has 0 aliphatic carbocycles. The lowest BCUT2D eigenvalue weighted by molar-refractivity contribution is 0.0653. The molecule has 2 aromatic carbocycles. The summed E-state index contributed by atoms with van der Waals surface area (Å²) in [6, 6.07) is 15.1. The topological polar surface area (TPSA) is 74.2 Å². The minimum Gasteiger partial charge on any atom is -0.491 e. The Morgan fingerprint density at radius 3 is 2.74 bits per heavy atom. The first-order valence-electron chi connectivity index (χ1n) is 9.14. The van der Waals surface area contributed by atoms with Crippen LogP contribution in [-0.4, -0.2) is 42.0 Å². The summed E-state index contributed by atoms with van der Waals surface area (Å²) in [6.07, 6.45) is 1.49. The Hall–Kier alpha value is -2.86. The summed E-state index contributed by atoms with van der Waals surface area (Å²) in [4.78, 5) is 12.8. The van der Waals surface area contributed by atoms with Crippen LogP contribution in [0.5, 0.6) is 5.75 Å². The first-order valence-corrected chi connectivity index (χ1v) is 9.14. The van der Waals surface area contributed by atoms with E-state index in [1.807, 2.05) is 48.3 Å². The first-order chi connectivity index (χ1) is 13.1. The van der Waals surface area contributed by atoms with Gasteiger partial charge in [0.25, 0.3) is 5.91 Å². The normalized spacial score (nSPS) is 21.3. The van der Waals surface area contributed by atoms with Gasteiger partial charge >= 0.3 is 0 Å². The van der Waals surface area contributed by atoms with Gasteiger partial charge in [-0.1, -0.05) is 18.2 Å². The van der Waals surface area contributed by atoms with Gasteiger partial charge in [0, 0.05) is 30.7 Å². The largest absolute Gasteiger partial charge is 0.491 e. The minimum absolute atomic E-state index is 0.188. The van der Waals surface area contributed by atoms with Gasteiger partial charge in [-0.15, -0.1) is 0 Å². The molecule has 4 rings (SSSR count). The third-order valence-corrected chi connectivity index (χ3v) is 5.09. The fraction of sp³-hybridized carbons (Fsp3) is 0.333. The lowest BCUT2D eigenvalue weighted by Gasteiger charge is -2.37. The number of carbonyl (C=O) groups excluding carboxylic acids is 1. The van der Waals surface area contributed by atoms with Crippen LogP contribution in [-0.2, 0) is 6.42 Å². The number of nitrogens with zero attached hydrogens (tertiary/aromatic N) is 2. The second kappa shape index (κ2) is 7.04. The molecule has 2 N–H and O–H groups in total. The highest BCUT2D eigenvalue weighted by atomic mass is 16.5. The van der Waals surface area contributed by atoms with Crippen LogP contribution in [0.1, 0.15) is 29.3 Å². The molecule has 1 atom stereocenters. The molecule has 2 heterocycles. The number of nitrogens with one attached hydrogen (secondary N) is 1. The van der Waals surface area contributed by atoms with Crippen molar-refractivity contribution in [1.82, 2.24) is 5.32 Å². The van der Waals surface area contributed by atoms with Gasteiger partial charge in [0.2, 0.25) is 0 Å². The molecule has 27 heavy (non-hydrogen) atoms. The number of rotatable bonds is 4. The number of aliphatic hydroxyl groups excluding tert-OH is 1. The van der Waals surface area contributed by atoms with Crippen molar-refractivity contribution < 1.29 is 14.6 Å². The Morgan fingerprint density at radius 2 is 2.04 bits per heavy atom. The molecule has 0 saturated carbocycles. The molecule has 0 saturated heterocycles. The van der Waals surface area contributed by atoms with Gasteiger partial charge in [-0.2, -0.15) is 5.10 Å². The van der Waals surface area contributed by atoms with E-state index in [1.54, 1.807) is 12.1 Å². The van der Waals surface area contributed by atoms with Crippen LogP contribution < -0.4 is 15.1 Å². The molecule has 0 spiro atoms. The zero-order valence-electron chi connectivity index (χ0n) is 15.3. The predicted molar refractivity (Wildman–Crippen MR) is 104 cm³/mol. The average Bonchev–Trinajstić information content (AvgIpc) is 3.14. The van der Waals surface area contributed by atoms with Crippen LogP contribution in [0.4, 0.5) is 5.69 Å². The molecule has 2 aromatic rings. The van der Waals surface area contributed by atoms with Crippen LogP contribution in [0.25, 0.3) is 0 Å². The second-order valence-electron chi connectivity index (χ2n) is 7.22. The van der Waals surface area contributed by atoms with E-state index in [0.717, 1.165) is 35.7 Å². The summed E-state index contributed by atoms with van der Waals surface area (Å²) in [7, 11) is 0. The third-order valence-electron chi connectivity index (χ3n) is 5.09. The minimum atomic E-state index is -0.819. The lowest BCUT2D eigenvalue weighted by atomic mass is 9.89. The van der Waals surface area contributed by atoms with Crippen molar-refractivity contribution in [3.05, 3.63) is 59.7 Å². The zero-order chi connectivity index (χ0) is 18.9. The van der Waals surface area contributed by atoms with Crippen molar-refractivity contribution in [3.63, 3.8) is 0 Å². The monoisotopic (exact) mass is 365 g/mol. The number of hydrogen-bond acceptors (Lipinski definition) is 5. The van der Waals surface area contributed by atoms with Crippen LogP contribution in [0, 0.1) is 0 Å². The van der Waals surface area contributed by atoms with E-state index in [9.17, 15) is 9.90 Å². The Labute approximate surface area is 158 Å². The average molecular weight is 365 g/mol. The van der Waals surface area contributed by atoms with E-state index >= 15 is 0 Å². The number of amides is 1. The quantitative estimate of drug-likeness (QED) is 0.872. The highest BCUT2D eigenvalue weighted by molar-refractivity contribution is 5.95. The van der Waals surface area contributed by atoms with Crippen LogP contribution >= 0.6 is 0 Å². The standard InChI is InChI=1S/C21H23N3O3/c1-15-10-11-24(23-15)18-8-6-16(7-9-18)20(26)22-21(13-25)12-17-4-2-3-5-19(17)27-14-21/h2-9,25H,10-14H2,1H3,(H,22,26). The van der Waals surface area contributed by atoms with Gasteiger partial charge in [-0.05, 0) is 42.8 Å². The smallest absolute Gasteiger partial charge is 0.251 e. The summed E-state index contributed by atoms with van der Waals surface area (Å²) < 4.78 is 5.77. The number of anilines is 1. The molecule has 2 aliphatic rings. The van der Waals surface area contributed by atoms with Gasteiger partial charge in [-0.25, -0.2) is 0 Å². The number of hydrazone groups is 1. The van der Waals surface area contributed by atoms with E-state index in [-0.39, 0.29) is 19.1 Å². The van der Waals surface area contributed by atoms with Crippen molar-refractivity contribution in [3.8, 4) is 5.75 Å². The Kier molecular flexibility index (Phi) is 4.58. The molecule has 1 amide bonds. The highest BCUT2D eigenvalue weighted by Crippen LogP contribution is 2.29. The van der Waals surface area contributed by atoms with E-state index in [2.05, 4.69) is 10.4 Å². The van der Waals surface area contributed by atoms with Crippen molar-refractivity contribution in [2.24, 2.45) is 5.10 Å². The molecule has 2 aliphatic heterocycles.